The van der Waals surface area contributed by atoms with E-state index in [0.717, 1.165) is 25.3 Å². The maximum absolute atomic E-state index is 13.1. The number of hydrogen-bond acceptors (Lipinski definition) is 4. The molecule has 0 aromatic heterocycles. The van der Waals surface area contributed by atoms with Gasteiger partial charge in [-0.25, -0.2) is 0 Å². The van der Waals surface area contributed by atoms with E-state index >= 15 is 0 Å². The van der Waals surface area contributed by atoms with Crippen molar-refractivity contribution in [1.29, 1.82) is 5.26 Å². The number of hydrazine groups is 1. The number of nitriles is 1. The van der Waals surface area contributed by atoms with Crippen molar-refractivity contribution in [3.8, 4) is 6.07 Å². The minimum Gasteiger partial charge on any atom is -0.343 e. The summed E-state index contributed by atoms with van der Waals surface area (Å²) in [5, 5.41) is 9.96. The second kappa shape index (κ2) is 10.4. The molecule has 1 heterocycles. The maximum Gasteiger partial charge on any atom is 0.416 e. The van der Waals surface area contributed by atoms with Gasteiger partial charge in [0.05, 0.1) is 22.9 Å². The molecule has 1 aliphatic rings. The quantitative estimate of drug-likeness (QED) is 0.355. The van der Waals surface area contributed by atoms with Crippen LogP contribution in [0.25, 0.3) is 0 Å². The van der Waals surface area contributed by atoms with Gasteiger partial charge in [-0.3, -0.25) is 15.2 Å². The van der Waals surface area contributed by atoms with Crippen LogP contribution in [0.15, 0.2) is 30.5 Å². The summed E-state index contributed by atoms with van der Waals surface area (Å²) in [7, 11) is 0. The van der Waals surface area contributed by atoms with Crippen LogP contribution in [-0.4, -0.2) is 35.5 Å². The van der Waals surface area contributed by atoms with Crippen molar-refractivity contribution in [3.05, 3.63) is 41.6 Å². The first kappa shape index (κ1) is 24.4. The highest BCUT2D eigenvalue weighted by atomic mass is 19.4. The molecule has 31 heavy (non-hydrogen) atoms. The van der Waals surface area contributed by atoms with Gasteiger partial charge in [-0.05, 0) is 37.5 Å². The monoisotopic (exact) mass is 448 g/mol. The van der Waals surface area contributed by atoms with Crippen LogP contribution in [0, 0.1) is 11.3 Å². The Balaban J connectivity index is 2.15. The van der Waals surface area contributed by atoms with Crippen molar-refractivity contribution >= 4 is 11.6 Å². The number of allylic oxidation sites excluding steroid dienone is 1. The summed E-state index contributed by atoms with van der Waals surface area (Å²) in [4.78, 5) is 13.7. The van der Waals surface area contributed by atoms with Gasteiger partial charge in [0.15, 0.2) is 0 Å². The Bertz CT molecular complexity index is 796. The fourth-order valence-electron chi connectivity index (χ4n) is 3.18. The summed E-state index contributed by atoms with van der Waals surface area (Å²) < 4.78 is 78.3. The molecule has 1 aliphatic heterocycles. The van der Waals surface area contributed by atoms with Crippen molar-refractivity contribution in [2.75, 3.05) is 25.1 Å². The number of hydrogen-bond donors (Lipinski definition) is 1. The normalized spacial score (nSPS) is 15.6. The largest absolute Gasteiger partial charge is 0.416 e. The van der Waals surface area contributed by atoms with Crippen LogP contribution in [-0.2, 0) is 17.1 Å². The molecule has 1 aromatic rings. The lowest BCUT2D eigenvalue weighted by molar-refractivity contribution is -0.143. The lowest BCUT2D eigenvalue weighted by Gasteiger charge is -2.26. The molecule has 0 unspecified atom stereocenters. The Morgan fingerprint density at radius 2 is 1.71 bits per heavy atom. The van der Waals surface area contributed by atoms with Gasteiger partial charge in [0.2, 0.25) is 5.91 Å². The third kappa shape index (κ3) is 7.70. The number of nitrogens with one attached hydrogen (secondary N) is 1. The lowest BCUT2D eigenvalue weighted by atomic mass is 10.1. The number of rotatable bonds is 7. The summed E-state index contributed by atoms with van der Waals surface area (Å²) in [5.41, 5.74) is -0.810. The first-order valence-corrected chi connectivity index (χ1v) is 9.67. The van der Waals surface area contributed by atoms with Gasteiger partial charge in [0.25, 0.3) is 0 Å². The average molecular weight is 448 g/mol. The molecule has 0 bridgehead atoms. The highest BCUT2D eigenvalue weighted by Crippen LogP contribution is 2.37. The molecule has 0 atom stereocenters. The van der Waals surface area contributed by atoms with Gasteiger partial charge in [0.1, 0.15) is 0 Å². The summed E-state index contributed by atoms with van der Waals surface area (Å²) in [6.07, 6.45) is -4.13. The molecule has 1 saturated heterocycles. The fraction of sp³-hybridized carbons (Fsp3) is 0.500. The molecule has 1 fully saturated rings. The van der Waals surface area contributed by atoms with Crippen molar-refractivity contribution in [1.82, 2.24) is 9.91 Å². The number of halogens is 6. The fourth-order valence-corrected chi connectivity index (χ4v) is 3.18. The van der Waals surface area contributed by atoms with E-state index in [-0.39, 0.29) is 18.5 Å². The van der Waals surface area contributed by atoms with Crippen LogP contribution in [0.4, 0.5) is 32.0 Å². The molecule has 0 saturated carbocycles. The molecule has 0 spiro atoms. The summed E-state index contributed by atoms with van der Waals surface area (Å²) in [5.74, 6) is 0.0253. The van der Waals surface area contributed by atoms with E-state index < -0.39 is 29.2 Å². The van der Waals surface area contributed by atoms with E-state index in [9.17, 15) is 31.1 Å². The Kier molecular flexibility index (Phi) is 8.19. The number of alkyl halides is 6. The number of anilines is 1. The molecule has 170 valence electrons. The standard InChI is InChI=1S/C20H22F6N4O/c21-19(22,23)15-12-16(20(24,25)26)14-17(13-15)28-30(10-4-7-27)11-5-9-29-8-3-1-2-6-18(29)31/h4,10,12-14,28H,1-3,5-6,8-9,11H2. The zero-order chi connectivity index (χ0) is 23.1. The van der Waals surface area contributed by atoms with Gasteiger partial charge in [-0.1, -0.05) is 6.42 Å². The number of carbonyl (C=O) groups is 1. The summed E-state index contributed by atoms with van der Waals surface area (Å²) in [6.45, 7) is 1.16. The third-order valence-electron chi connectivity index (χ3n) is 4.69. The number of carbonyl (C=O) groups excluding carboxylic acids is 1. The summed E-state index contributed by atoms with van der Waals surface area (Å²) >= 11 is 0. The van der Waals surface area contributed by atoms with Crippen LogP contribution < -0.4 is 5.43 Å². The van der Waals surface area contributed by atoms with Crippen LogP contribution >= 0.6 is 0 Å². The van der Waals surface area contributed by atoms with Gasteiger partial charge in [-0.15, -0.1) is 0 Å². The zero-order valence-electron chi connectivity index (χ0n) is 16.6. The third-order valence-corrected chi connectivity index (χ3v) is 4.69. The SMILES string of the molecule is N#CC=CN(CCCN1CCCCCC1=O)Nc1cc(C(F)(F)F)cc(C(F)(F)F)c1. The van der Waals surface area contributed by atoms with Gasteiger partial charge >= 0.3 is 12.4 Å². The van der Waals surface area contributed by atoms with Crippen LogP contribution in [0.3, 0.4) is 0 Å². The predicted octanol–water partition coefficient (Wildman–Crippen LogP) is 5.18. The molecule has 1 amide bonds. The molecule has 11 heteroatoms. The number of benzene rings is 1. The minimum absolute atomic E-state index is 0.0253. The Morgan fingerprint density at radius 1 is 1.06 bits per heavy atom. The van der Waals surface area contributed by atoms with Crippen molar-refractivity contribution in [3.63, 3.8) is 0 Å². The molecular weight excluding hydrogens is 426 g/mol. The average Bonchev–Trinajstić information content (AvgIpc) is 2.88. The lowest BCUT2D eigenvalue weighted by Crippen LogP contribution is -2.34. The van der Waals surface area contributed by atoms with Crippen LogP contribution in [0.5, 0.6) is 0 Å². The van der Waals surface area contributed by atoms with Crippen molar-refractivity contribution < 1.29 is 31.1 Å². The Morgan fingerprint density at radius 3 is 2.29 bits per heavy atom. The van der Waals surface area contributed by atoms with E-state index in [2.05, 4.69) is 5.43 Å². The minimum atomic E-state index is -4.96. The molecule has 0 aliphatic carbocycles. The first-order valence-electron chi connectivity index (χ1n) is 9.67. The predicted molar refractivity (Wildman–Crippen MR) is 101 cm³/mol. The van der Waals surface area contributed by atoms with E-state index in [0.29, 0.717) is 38.1 Å². The van der Waals surface area contributed by atoms with Crippen molar-refractivity contribution in [2.45, 2.75) is 44.5 Å². The zero-order valence-corrected chi connectivity index (χ0v) is 16.6. The van der Waals surface area contributed by atoms with E-state index in [1.54, 1.807) is 11.0 Å². The highest BCUT2D eigenvalue weighted by molar-refractivity contribution is 5.76. The van der Waals surface area contributed by atoms with Crippen LogP contribution in [0.1, 0.15) is 43.2 Å². The molecule has 0 radical (unpaired) electrons. The topological polar surface area (TPSA) is 59.4 Å². The molecule has 2 rings (SSSR count). The maximum atomic E-state index is 13.1. The van der Waals surface area contributed by atoms with Crippen LogP contribution in [0.2, 0.25) is 0 Å². The molecular formula is C20H22F6N4O. The van der Waals surface area contributed by atoms with Gasteiger partial charge < -0.3 is 4.90 Å². The summed E-state index contributed by atoms with van der Waals surface area (Å²) in [6, 6.07) is 2.91. The molecule has 1 N–H and O–H groups in total. The van der Waals surface area contributed by atoms with Crippen molar-refractivity contribution in [2.24, 2.45) is 0 Å². The molecule has 5 nitrogen and oxygen atoms in total. The number of amides is 1. The number of likely N-dealkylation sites (tertiary alicyclic amines) is 1. The van der Waals surface area contributed by atoms with E-state index in [1.807, 2.05) is 0 Å². The van der Waals surface area contributed by atoms with E-state index in [1.165, 1.54) is 11.2 Å². The number of nitrogens with zero attached hydrogens (tertiary/aromatic N) is 3. The highest BCUT2D eigenvalue weighted by Gasteiger charge is 2.37. The van der Waals surface area contributed by atoms with E-state index in [4.69, 9.17) is 5.26 Å². The second-order valence-electron chi connectivity index (χ2n) is 7.09. The Hall–Kier alpha value is -2.90. The first-order chi connectivity index (χ1) is 14.5. The van der Waals surface area contributed by atoms with Gasteiger partial charge in [0, 0.05) is 38.3 Å². The Labute approximate surface area is 175 Å². The van der Waals surface area contributed by atoms with Gasteiger partial charge in [-0.2, -0.15) is 31.6 Å². The smallest absolute Gasteiger partial charge is 0.343 e. The molecule has 1 aromatic carbocycles. The second-order valence-corrected chi connectivity index (χ2v) is 7.09.